The van der Waals surface area contributed by atoms with Crippen LogP contribution in [0, 0.1) is 0 Å². The van der Waals surface area contributed by atoms with E-state index in [9.17, 15) is 0 Å². The molecule has 6 heteroatoms. The molecule has 3 aromatic heterocycles. The van der Waals surface area contributed by atoms with Crippen LogP contribution >= 0.6 is 0 Å². The molecule has 0 saturated carbocycles. The van der Waals surface area contributed by atoms with Gasteiger partial charge in [-0.25, -0.2) is 14.4 Å². The largest absolute Gasteiger partial charge is 0.456 e. The number of imidazole rings is 1. The standard InChI is InChI=1S/C41H31FN4O/c1-41(2)29-16-5-9-20-34(29)47-39-36-27-15-4-7-18-31(27)46(35-21-10-11-22-43-35)33(36)24-28(37(39)41)38(42)25-13-12-14-26(23-25)40-44-30-17-6-8-19-32(30)45(40)3/h4-24,38H,1-3H3. The average Bonchev–Trinajstić information content (AvgIpc) is 3.63. The Labute approximate surface area is 271 Å². The lowest BCUT2D eigenvalue weighted by atomic mass is 9.72. The van der Waals surface area contributed by atoms with Gasteiger partial charge in [-0.2, -0.15) is 0 Å². The quantitative estimate of drug-likeness (QED) is 0.198. The zero-order chi connectivity index (χ0) is 31.9. The molecule has 0 aliphatic carbocycles. The number of pyridine rings is 1. The molecule has 228 valence electrons. The van der Waals surface area contributed by atoms with Gasteiger partial charge in [0.2, 0.25) is 0 Å². The third-order valence-electron chi connectivity index (χ3n) is 9.72. The molecule has 1 unspecified atom stereocenters. The summed E-state index contributed by atoms with van der Waals surface area (Å²) in [5, 5.41) is 1.98. The van der Waals surface area contributed by atoms with Crippen molar-refractivity contribution in [2.75, 3.05) is 0 Å². The molecule has 0 saturated heterocycles. The molecule has 1 aliphatic heterocycles. The summed E-state index contributed by atoms with van der Waals surface area (Å²) < 4.78 is 28.6. The van der Waals surface area contributed by atoms with Gasteiger partial charge in [-0.05, 0) is 54.1 Å². The summed E-state index contributed by atoms with van der Waals surface area (Å²) in [5.74, 6) is 3.04. The highest BCUT2D eigenvalue weighted by Gasteiger charge is 2.40. The number of aromatic nitrogens is 4. The first-order valence-corrected chi connectivity index (χ1v) is 15.9. The summed E-state index contributed by atoms with van der Waals surface area (Å²) in [4.78, 5) is 9.62. The van der Waals surface area contributed by atoms with Crippen molar-refractivity contribution in [1.82, 2.24) is 19.1 Å². The van der Waals surface area contributed by atoms with Crippen LogP contribution in [0.15, 0.2) is 128 Å². The minimum Gasteiger partial charge on any atom is -0.456 e. The van der Waals surface area contributed by atoms with E-state index in [1.807, 2.05) is 104 Å². The molecule has 1 aliphatic rings. The van der Waals surface area contributed by atoms with Gasteiger partial charge in [-0.15, -0.1) is 0 Å². The van der Waals surface area contributed by atoms with Crippen LogP contribution in [0.1, 0.15) is 42.3 Å². The van der Waals surface area contributed by atoms with E-state index in [0.717, 1.165) is 66.9 Å². The fourth-order valence-electron chi connectivity index (χ4n) is 7.53. The Balaban J connectivity index is 1.33. The number of alkyl halides is 1. The van der Waals surface area contributed by atoms with E-state index < -0.39 is 11.6 Å². The van der Waals surface area contributed by atoms with Crippen LogP contribution in [0.2, 0.25) is 0 Å². The van der Waals surface area contributed by atoms with Gasteiger partial charge in [0, 0.05) is 46.3 Å². The van der Waals surface area contributed by atoms with Crippen LogP contribution in [0.5, 0.6) is 11.5 Å². The Hall–Kier alpha value is -5.75. The van der Waals surface area contributed by atoms with Crippen molar-refractivity contribution in [2.45, 2.75) is 25.4 Å². The number of benzene rings is 5. The van der Waals surface area contributed by atoms with Crippen LogP contribution in [-0.2, 0) is 12.5 Å². The van der Waals surface area contributed by atoms with Crippen LogP contribution in [0.4, 0.5) is 4.39 Å². The first-order valence-electron chi connectivity index (χ1n) is 15.9. The van der Waals surface area contributed by atoms with Crippen molar-refractivity contribution < 1.29 is 9.13 Å². The van der Waals surface area contributed by atoms with E-state index in [2.05, 4.69) is 47.2 Å². The van der Waals surface area contributed by atoms with Crippen LogP contribution < -0.4 is 4.74 Å². The minimum absolute atomic E-state index is 0.540. The van der Waals surface area contributed by atoms with Gasteiger partial charge in [0.25, 0.3) is 0 Å². The smallest absolute Gasteiger partial charge is 0.151 e. The van der Waals surface area contributed by atoms with Gasteiger partial charge < -0.3 is 9.30 Å². The van der Waals surface area contributed by atoms with E-state index in [0.29, 0.717) is 16.9 Å². The molecule has 8 aromatic rings. The predicted octanol–water partition coefficient (Wildman–Crippen LogP) is 10.2. The summed E-state index contributed by atoms with van der Waals surface area (Å²) in [6, 6.07) is 40.0. The Kier molecular flexibility index (Phi) is 5.94. The van der Waals surface area contributed by atoms with E-state index in [1.54, 1.807) is 6.20 Å². The lowest BCUT2D eigenvalue weighted by Gasteiger charge is -2.37. The van der Waals surface area contributed by atoms with Gasteiger partial charge >= 0.3 is 0 Å². The number of aryl methyl sites for hydroxylation is 1. The number of fused-ring (bicyclic) bond motifs is 7. The molecule has 5 nitrogen and oxygen atoms in total. The maximum absolute atomic E-state index is 17.6. The second-order valence-electron chi connectivity index (χ2n) is 12.8. The molecule has 47 heavy (non-hydrogen) atoms. The van der Waals surface area contributed by atoms with Crippen molar-refractivity contribution in [2.24, 2.45) is 7.05 Å². The predicted molar refractivity (Wildman–Crippen MR) is 186 cm³/mol. The lowest BCUT2D eigenvalue weighted by Crippen LogP contribution is -2.27. The van der Waals surface area contributed by atoms with E-state index >= 15 is 4.39 Å². The second-order valence-corrected chi connectivity index (χ2v) is 12.8. The molecule has 0 amide bonds. The van der Waals surface area contributed by atoms with E-state index in [4.69, 9.17) is 14.7 Å². The van der Waals surface area contributed by atoms with Crippen molar-refractivity contribution in [3.8, 4) is 28.7 Å². The number of hydrogen-bond donors (Lipinski definition) is 0. The highest BCUT2D eigenvalue weighted by Crippen LogP contribution is 2.55. The zero-order valence-corrected chi connectivity index (χ0v) is 26.3. The average molecular weight is 615 g/mol. The number of hydrogen-bond acceptors (Lipinski definition) is 3. The van der Waals surface area contributed by atoms with Crippen molar-refractivity contribution in [3.05, 3.63) is 150 Å². The number of ether oxygens (including phenoxy) is 1. The normalized spacial score (nSPS) is 14.2. The molecule has 0 spiro atoms. The summed E-state index contributed by atoms with van der Waals surface area (Å²) in [5.41, 5.74) is 7.12. The van der Waals surface area contributed by atoms with Gasteiger partial charge in [0.05, 0.1) is 27.5 Å². The van der Waals surface area contributed by atoms with Crippen LogP contribution in [0.25, 0.3) is 50.0 Å². The highest BCUT2D eigenvalue weighted by atomic mass is 19.1. The van der Waals surface area contributed by atoms with Gasteiger partial charge in [-0.3, -0.25) is 4.57 Å². The van der Waals surface area contributed by atoms with Crippen molar-refractivity contribution in [3.63, 3.8) is 0 Å². The third-order valence-corrected chi connectivity index (χ3v) is 9.72. The molecule has 0 N–H and O–H groups in total. The first kappa shape index (κ1) is 27.6. The highest BCUT2D eigenvalue weighted by molar-refractivity contribution is 6.13. The van der Waals surface area contributed by atoms with Crippen LogP contribution in [0.3, 0.4) is 0 Å². The summed E-state index contributed by atoms with van der Waals surface area (Å²) in [6.07, 6.45) is 0.349. The molecule has 4 heterocycles. The monoisotopic (exact) mass is 614 g/mol. The second kappa shape index (κ2) is 10.1. The van der Waals surface area contributed by atoms with Crippen LogP contribution in [-0.4, -0.2) is 19.1 Å². The molecular weight excluding hydrogens is 583 g/mol. The topological polar surface area (TPSA) is 44.9 Å². The molecule has 0 fully saturated rings. The molecular formula is C41H31FN4O. The van der Waals surface area contributed by atoms with Gasteiger partial charge in [0.15, 0.2) is 6.17 Å². The number of para-hydroxylation sites is 4. The SMILES string of the molecule is Cn1c(-c2cccc(C(F)c3cc4c(c5c3C(C)(C)c3ccccc3O5)c3ccccc3n4-c3ccccn3)c2)nc2ccccc21. The fourth-order valence-corrected chi connectivity index (χ4v) is 7.53. The maximum Gasteiger partial charge on any atom is 0.151 e. The Morgan fingerprint density at radius 3 is 2.36 bits per heavy atom. The molecule has 9 rings (SSSR count). The fraction of sp³-hybridized carbons (Fsp3) is 0.122. The van der Waals surface area contributed by atoms with Gasteiger partial charge in [-0.1, -0.05) is 86.6 Å². The number of rotatable bonds is 4. The minimum atomic E-state index is -1.44. The summed E-state index contributed by atoms with van der Waals surface area (Å²) in [6.45, 7) is 4.34. The molecule has 0 radical (unpaired) electrons. The maximum atomic E-state index is 17.6. The lowest BCUT2D eigenvalue weighted by molar-refractivity contribution is 0.379. The third kappa shape index (κ3) is 4.01. The number of nitrogens with zero attached hydrogens (tertiary/aromatic N) is 4. The Bertz CT molecular complexity index is 2510. The Morgan fingerprint density at radius 1 is 0.766 bits per heavy atom. The Morgan fingerprint density at radius 2 is 1.53 bits per heavy atom. The molecule has 5 aromatic carbocycles. The van der Waals surface area contributed by atoms with Crippen molar-refractivity contribution in [1.29, 1.82) is 0 Å². The number of halogens is 1. The summed E-state index contributed by atoms with van der Waals surface area (Å²) >= 11 is 0. The summed E-state index contributed by atoms with van der Waals surface area (Å²) in [7, 11) is 2.00. The molecule has 0 bridgehead atoms. The zero-order valence-electron chi connectivity index (χ0n) is 26.3. The molecule has 1 atom stereocenters. The first-order chi connectivity index (χ1) is 22.9. The van der Waals surface area contributed by atoms with Gasteiger partial charge in [0.1, 0.15) is 23.1 Å². The van der Waals surface area contributed by atoms with Crippen molar-refractivity contribution >= 4 is 32.8 Å². The van der Waals surface area contributed by atoms with E-state index in [1.165, 1.54) is 0 Å². The van der Waals surface area contributed by atoms with E-state index in [-0.39, 0.29) is 0 Å².